The van der Waals surface area contributed by atoms with Crippen molar-refractivity contribution < 1.29 is 4.42 Å². The number of hydrogen-bond acceptors (Lipinski definition) is 2. The topological polar surface area (TPSA) is 16.4 Å². The molecule has 0 N–H and O–H groups in total. The standard InChI is InChI=1S/C56H53NO/c1-53(2,3)35-31-42-51-44(56(9,10)52(42)46(32-35)54(4,5)6)21-16-22-47(51)57(37-29-30-40-39-17-11-13-20-43(39)55(7,8)45(40)33-37)36-27-25-34(26-28-36)38-19-15-24-49-50(38)41-18-12-14-23-48(41)58-49/h11-33H,1-10H3. The predicted molar refractivity (Wildman–Crippen MR) is 246 cm³/mol. The van der Waals surface area contributed by atoms with Gasteiger partial charge in [0, 0.05) is 38.5 Å². The van der Waals surface area contributed by atoms with Gasteiger partial charge in [-0.25, -0.2) is 0 Å². The predicted octanol–water partition coefficient (Wildman–Crippen LogP) is 15.9. The minimum absolute atomic E-state index is 0.00384. The van der Waals surface area contributed by atoms with Gasteiger partial charge < -0.3 is 9.32 Å². The monoisotopic (exact) mass is 755 g/mol. The molecule has 7 aromatic carbocycles. The molecule has 58 heavy (non-hydrogen) atoms. The summed E-state index contributed by atoms with van der Waals surface area (Å²) in [6.45, 7) is 23.8. The van der Waals surface area contributed by atoms with Crippen LogP contribution < -0.4 is 4.90 Å². The minimum Gasteiger partial charge on any atom is -0.456 e. The summed E-state index contributed by atoms with van der Waals surface area (Å²) in [7, 11) is 0. The Kier molecular flexibility index (Phi) is 7.75. The van der Waals surface area contributed by atoms with Gasteiger partial charge >= 0.3 is 0 Å². The van der Waals surface area contributed by atoms with Gasteiger partial charge in [0.15, 0.2) is 0 Å². The van der Waals surface area contributed by atoms with Crippen LogP contribution in [0.3, 0.4) is 0 Å². The van der Waals surface area contributed by atoms with E-state index in [1.807, 2.05) is 6.07 Å². The lowest BCUT2D eigenvalue weighted by atomic mass is 9.71. The molecule has 0 spiro atoms. The second-order valence-electron chi connectivity index (χ2n) is 19.8. The van der Waals surface area contributed by atoms with Crippen LogP contribution in [0.5, 0.6) is 0 Å². The molecular weight excluding hydrogens is 703 g/mol. The van der Waals surface area contributed by atoms with E-state index < -0.39 is 0 Å². The first-order chi connectivity index (χ1) is 27.5. The molecule has 0 amide bonds. The van der Waals surface area contributed by atoms with Crippen LogP contribution in [-0.2, 0) is 21.7 Å². The number of para-hydroxylation sites is 1. The second-order valence-corrected chi connectivity index (χ2v) is 19.8. The van der Waals surface area contributed by atoms with Crippen molar-refractivity contribution in [1.29, 1.82) is 0 Å². The number of benzene rings is 7. The van der Waals surface area contributed by atoms with Crippen LogP contribution in [0.25, 0.3) is 55.3 Å². The van der Waals surface area contributed by atoms with Crippen LogP contribution in [0, 0.1) is 0 Å². The first kappa shape index (κ1) is 36.5. The molecule has 0 saturated carbocycles. The average Bonchev–Trinajstić information content (AvgIpc) is 3.77. The Morgan fingerprint density at radius 3 is 1.88 bits per heavy atom. The number of fused-ring (bicyclic) bond motifs is 9. The summed E-state index contributed by atoms with van der Waals surface area (Å²) in [4.78, 5) is 2.53. The van der Waals surface area contributed by atoms with Gasteiger partial charge in [-0.05, 0) is 114 Å². The van der Waals surface area contributed by atoms with Crippen LogP contribution >= 0.6 is 0 Å². The fourth-order valence-electron chi connectivity index (χ4n) is 10.3. The van der Waals surface area contributed by atoms with E-state index in [4.69, 9.17) is 4.42 Å². The second kappa shape index (κ2) is 12.3. The molecule has 0 saturated heterocycles. The molecule has 1 heterocycles. The van der Waals surface area contributed by atoms with E-state index in [2.05, 4.69) is 208 Å². The minimum atomic E-state index is -0.178. The number of anilines is 3. The summed E-state index contributed by atoms with van der Waals surface area (Å²) in [5, 5.41) is 2.30. The average molecular weight is 756 g/mol. The van der Waals surface area contributed by atoms with E-state index in [0.717, 1.165) is 33.3 Å². The summed E-state index contributed by atoms with van der Waals surface area (Å²) in [5.74, 6) is 0. The van der Waals surface area contributed by atoms with Gasteiger partial charge in [-0.3, -0.25) is 0 Å². The molecule has 2 aliphatic carbocycles. The Hall–Kier alpha value is -5.86. The maximum absolute atomic E-state index is 6.31. The van der Waals surface area contributed by atoms with Crippen LogP contribution in [0.4, 0.5) is 17.1 Å². The lowest BCUT2D eigenvalue weighted by molar-refractivity contribution is 0.545. The quantitative estimate of drug-likeness (QED) is 0.178. The van der Waals surface area contributed by atoms with Gasteiger partial charge in [-0.2, -0.15) is 0 Å². The third-order valence-electron chi connectivity index (χ3n) is 13.3. The van der Waals surface area contributed by atoms with Gasteiger partial charge in [0.05, 0.1) is 5.69 Å². The van der Waals surface area contributed by atoms with Gasteiger partial charge in [0.1, 0.15) is 11.2 Å². The van der Waals surface area contributed by atoms with Crippen LogP contribution in [0.15, 0.2) is 144 Å². The maximum atomic E-state index is 6.31. The third kappa shape index (κ3) is 5.30. The molecule has 0 unspecified atom stereocenters. The molecule has 0 atom stereocenters. The zero-order chi connectivity index (χ0) is 40.5. The highest BCUT2D eigenvalue weighted by molar-refractivity contribution is 6.12. The van der Waals surface area contributed by atoms with E-state index in [-0.39, 0.29) is 21.7 Å². The first-order valence-corrected chi connectivity index (χ1v) is 20.9. The lowest BCUT2D eigenvalue weighted by Gasteiger charge is -2.32. The summed E-state index contributed by atoms with van der Waals surface area (Å²) < 4.78 is 6.31. The molecule has 8 aromatic rings. The zero-order valence-electron chi connectivity index (χ0n) is 35.6. The van der Waals surface area contributed by atoms with E-state index in [9.17, 15) is 0 Å². The van der Waals surface area contributed by atoms with Crippen molar-refractivity contribution in [1.82, 2.24) is 0 Å². The maximum Gasteiger partial charge on any atom is 0.136 e. The molecule has 1 aromatic heterocycles. The van der Waals surface area contributed by atoms with Crippen LogP contribution in [0.2, 0.25) is 0 Å². The summed E-state index contributed by atoms with van der Waals surface area (Å²) in [6, 6.07) is 52.1. The van der Waals surface area contributed by atoms with E-state index >= 15 is 0 Å². The molecule has 0 aliphatic heterocycles. The molecule has 0 fully saturated rings. The zero-order valence-corrected chi connectivity index (χ0v) is 35.6. The van der Waals surface area contributed by atoms with Crippen molar-refractivity contribution in [3.8, 4) is 33.4 Å². The number of furan rings is 1. The van der Waals surface area contributed by atoms with E-state index in [0.29, 0.717) is 0 Å². The Balaban J connectivity index is 1.22. The van der Waals surface area contributed by atoms with E-state index in [1.54, 1.807) is 0 Å². The van der Waals surface area contributed by atoms with Gasteiger partial charge in [0.25, 0.3) is 0 Å². The molecule has 10 rings (SSSR count). The van der Waals surface area contributed by atoms with Crippen LogP contribution in [0.1, 0.15) is 103 Å². The smallest absolute Gasteiger partial charge is 0.136 e. The van der Waals surface area contributed by atoms with Crippen LogP contribution in [-0.4, -0.2) is 0 Å². The fourth-order valence-corrected chi connectivity index (χ4v) is 10.3. The first-order valence-electron chi connectivity index (χ1n) is 20.9. The SMILES string of the molecule is CC(C)(C)c1cc2c(c(C(C)(C)C)c1)C(C)(C)c1cccc(N(c3ccc(-c4cccc5oc6ccccc6c45)cc3)c3ccc4c(c3)C(C)(C)c3ccccc3-4)c1-2. The summed E-state index contributed by atoms with van der Waals surface area (Å²) >= 11 is 0. The van der Waals surface area contributed by atoms with Crippen molar-refractivity contribution in [2.75, 3.05) is 4.90 Å². The highest BCUT2D eigenvalue weighted by Gasteiger charge is 2.43. The Morgan fingerprint density at radius 2 is 1.12 bits per heavy atom. The van der Waals surface area contributed by atoms with E-state index in [1.165, 1.54) is 72.4 Å². The van der Waals surface area contributed by atoms with Crippen molar-refractivity contribution in [3.05, 3.63) is 173 Å². The number of nitrogens with zero attached hydrogens (tertiary/aromatic N) is 1. The lowest BCUT2D eigenvalue weighted by Crippen LogP contribution is -2.24. The number of hydrogen-bond donors (Lipinski definition) is 0. The molecular formula is C56H53NO. The molecule has 2 aliphatic rings. The third-order valence-corrected chi connectivity index (χ3v) is 13.3. The van der Waals surface area contributed by atoms with Crippen molar-refractivity contribution in [2.24, 2.45) is 0 Å². The highest BCUT2D eigenvalue weighted by atomic mass is 16.3. The molecule has 288 valence electrons. The fraction of sp³-hybridized carbons (Fsp3) is 0.250. The highest BCUT2D eigenvalue weighted by Crippen LogP contribution is 2.58. The summed E-state index contributed by atoms with van der Waals surface area (Å²) in [5.41, 5.74) is 21.1. The normalized spacial score (nSPS) is 15.0. The Labute approximate surface area is 344 Å². The van der Waals surface area contributed by atoms with Crippen molar-refractivity contribution in [3.63, 3.8) is 0 Å². The van der Waals surface area contributed by atoms with Gasteiger partial charge in [0.2, 0.25) is 0 Å². The molecule has 2 nitrogen and oxygen atoms in total. The van der Waals surface area contributed by atoms with Crippen molar-refractivity contribution in [2.45, 2.75) is 90.9 Å². The summed E-state index contributed by atoms with van der Waals surface area (Å²) in [6.07, 6.45) is 0. The van der Waals surface area contributed by atoms with Gasteiger partial charge in [-0.1, -0.05) is 166 Å². The Bertz CT molecular complexity index is 2960. The largest absolute Gasteiger partial charge is 0.456 e. The molecule has 0 radical (unpaired) electrons. The van der Waals surface area contributed by atoms with Crippen molar-refractivity contribution >= 4 is 39.0 Å². The number of rotatable bonds is 4. The molecule has 2 heteroatoms. The van der Waals surface area contributed by atoms with Gasteiger partial charge in [-0.15, -0.1) is 0 Å². The Morgan fingerprint density at radius 1 is 0.483 bits per heavy atom. The molecule has 0 bridgehead atoms.